The molecule has 0 saturated carbocycles. The van der Waals surface area contributed by atoms with E-state index in [2.05, 4.69) is 79.3 Å². The minimum Gasteiger partial charge on any atom is -0.264 e. The van der Waals surface area contributed by atoms with E-state index < -0.39 is 0 Å². The van der Waals surface area contributed by atoms with Crippen LogP contribution in [0.3, 0.4) is 0 Å². The van der Waals surface area contributed by atoms with Gasteiger partial charge >= 0.3 is 0 Å². The van der Waals surface area contributed by atoms with E-state index in [0.717, 1.165) is 14.5 Å². The normalized spacial score (nSPS) is 10.5. The number of halogens is 2. The fourth-order valence-corrected chi connectivity index (χ4v) is 3.43. The monoisotopic (exact) mass is 387 g/mol. The molecule has 3 heteroatoms. The molecule has 1 aromatic heterocycles. The van der Waals surface area contributed by atoms with Crippen LogP contribution in [0.5, 0.6) is 0 Å². The van der Waals surface area contributed by atoms with Gasteiger partial charge in [-0.15, -0.1) is 0 Å². The molecule has 0 unspecified atom stereocenters. The predicted molar refractivity (Wildman–Crippen MR) is 90.5 cm³/mol. The Morgan fingerprint density at radius 1 is 0.650 bits per heavy atom. The topological polar surface area (TPSA) is 12.9 Å². The third kappa shape index (κ3) is 3.00. The van der Waals surface area contributed by atoms with E-state index in [1.54, 1.807) is 6.20 Å². The fraction of sp³-hybridized carbons (Fsp3) is 0. The Labute approximate surface area is 135 Å². The Hall–Kier alpha value is -1.45. The zero-order valence-corrected chi connectivity index (χ0v) is 13.7. The number of benzene rings is 2. The van der Waals surface area contributed by atoms with Crippen molar-refractivity contribution >= 4 is 31.9 Å². The van der Waals surface area contributed by atoms with E-state index in [4.69, 9.17) is 0 Å². The van der Waals surface area contributed by atoms with Gasteiger partial charge in [0, 0.05) is 26.9 Å². The summed E-state index contributed by atoms with van der Waals surface area (Å²) in [5.41, 5.74) is 4.67. The van der Waals surface area contributed by atoms with Gasteiger partial charge < -0.3 is 0 Å². The SMILES string of the molecule is Brc1cc(Br)cc(-c2cccc(-c3cccnc3)c2)c1. The Morgan fingerprint density at radius 3 is 1.95 bits per heavy atom. The summed E-state index contributed by atoms with van der Waals surface area (Å²) >= 11 is 7.07. The van der Waals surface area contributed by atoms with Crippen LogP contribution < -0.4 is 0 Å². The van der Waals surface area contributed by atoms with Crippen LogP contribution in [0.25, 0.3) is 22.3 Å². The molecule has 0 aliphatic heterocycles. The average Bonchev–Trinajstić information content (AvgIpc) is 2.47. The van der Waals surface area contributed by atoms with Crippen molar-refractivity contribution < 1.29 is 0 Å². The van der Waals surface area contributed by atoms with Gasteiger partial charge in [0.25, 0.3) is 0 Å². The van der Waals surface area contributed by atoms with Gasteiger partial charge in [-0.1, -0.05) is 56.1 Å². The molecular weight excluding hydrogens is 378 g/mol. The summed E-state index contributed by atoms with van der Waals surface area (Å²) in [6.07, 6.45) is 3.68. The van der Waals surface area contributed by atoms with E-state index in [1.807, 2.05) is 18.3 Å². The van der Waals surface area contributed by atoms with Crippen molar-refractivity contribution in [1.29, 1.82) is 0 Å². The lowest BCUT2D eigenvalue weighted by Gasteiger charge is -2.07. The maximum Gasteiger partial charge on any atom is 0.0346 e. The summed E-state index contributed by atoms with van der Waals surface area (Å²) in [6, 6.07) is 18.8. The molecule has 0 amide bonds. The van der Waals surface area contributed by atoms with Gasteiger partial charge in [-0.2, -0.15) is 0 Å². The van der Waals surface area contributed by atoms with Gasteiger partial charge in [0.05, 0.1) is 0 Å². The van der Waals surface area contributed by atoms with Crippen LogP contribution >= 0.6 is 31.9 Å². The van der Waals surface area contributed by atoms with Crippen molar-refractivity contribution in [1.82, 2.24) is 4.98 Å². The predicted octanol–water partition coefficient (Wildman–Crippen LogP) is 5.94. The largest absolute Gasteiger partial charge is 0.264 e. The summed E-state index contributed by atoms with van der Waals surface area (Å²) in [5.74, 6) is 0. The third-order valence-electron chi connectivity index (χ3n) is 3.05. The molecule has 3 rings (SSSR count). The lowest BCUT2D eigenvalue weighted by atomic mass is 10.0. The number of pyridine rings is 1. The quantitative estimate of drug-likeness (QED) is 0.529. The van der Waals surface area contributed by atoms with Crippen LogP contribution in [0, 0.1) is 0 Å². The molecule has 0 aliphatic carbocycles. The highest BCUT2D eigenvalue weighted by molar-refractivity contribution is 9.11. The van der Waals surface area contributed by atoms with E-state index >= 15 is 0 Å². The highest BCUT2D eigenvalue weighted by Gasteiger charge is 2.03. The molecule has 0 fully saturated rings. The smallest absolute Gasteiger partial charge is 0.0346 e. The van der Waals surface area contributed by atoms with Crippen LogP contribution in [-0.4, -0.2) is 4.98 Å². The molecule has 2 aromatic carbocycles. The van der Waals surface area contributed by atoms with Crippen molar-refractivity contribution in [3.63, 3.8) is 0 Å². The summed E-state index contributed by atoms with van der Waals surface area (Å²) in [7, 11) is 0. The molecule has 0 atom stereocenters. The second-order valence-electron chi connectivity index (χ2n) is 4.48. The fourth-order valence-electron chi connectivity index (χ4n) is 2.13. The van der Waals surface area contributed by atoms with Gasteiger partial charge in [-0.25, -0.2) is 0 Å². The van der Waals surface area contributed by atoms with Crippen LogP contribution in [-0.2, 0) is 0 Å². The minimum atomic E-state index is 1.06. The van der Waals surface area contributed by atoms with Crippen LogP contribution in [0.1, 0.15) is 0 Å². The zero-order valence-electron chi connectivity index (χ0n) is 10.6. The molecule has 0 radical (unpaired) electrons. The highest BCUT2D eigenvalue weighted by Crippen LogP contribution is 2.30. The van der Waals surface area contributed by atoms with Gasteiger partial charge in [-0.3, -0.25) is 4.98 Å². The van der Waals surface area contributed by atoms with Crippen LogP contribution in [0.15, 0.2) is 75.9 Å². The van der Waals surface area contributed by atoms with Gasteiger partial charge in [0.15, 0.2) is 0 Å². The van der Waals surface area contributed by atoms with Gasteiger partial charge in [-0.05, 0) is 47.0 Å². The average molecular weight is 389 g/mol. The van der Waals surface area contributed by atoms with Crippen molar-refractivity contribution in [2.45, 2.75) is 0 Å². The number of aromatic nitrogens is 1. The summed E-state index contributed by atoms with van der Waals surface area (Å²) in [4.78, 5) is 4.18. The Morgan fingerprint density at radius 2 is 1.30 bits per heavy atom. The van der Waals surface area contributed by atoms with Crippen molar-refractivity contribution in [3.05, 3.63) is 75.9 Å². The van der Waals surface area contributed by atoms with E-state index in [9.17, 15) is 0 Å². The zero-order chi connectivity index (χ0) is 13.9. The number of rotatable bonds is 2. The first kappa shape index (κ1) is 13.5. The van der Waals surface area contributed by atoms with Crippen molar-refractivity contribution in [2.75, 3.05) is 0 Å². The Balaban J connectivity index is 2.07. The maximum atomic E-state index is 4.18. The van der Waals surface area contributed by atoms with Crippen LogP contribution in [0.4, 0.5) is 0 Å². The maximum absolute atomic E-state index is 4.18. The van der Waals surface area contributed by atoms with E-state index in [0.29, 0.717) is 0 Å². The molecule has 1 nitrogen and oxygen atoms in total. The Bertz CT molecular complexity index is 719. The first-order chi connectivity index (χ1) is 9.72. The van der Waals surface area contributed by atoms with Crippen molar-refractivity contribution in [2.24, 2.45) is 0 Å². The minimum absolute atomic E-state index is 1.06. The molecule has 0 bridgehead atoms. The van der Waals surface area contributed by atoms with Gasteiger partial charge in [0.2, 0.25) is 0 Å². The molecule has 0 spiro atoms. The molecule has 0 aliphatic rings. The van der Waals surface area contributed by atoms with Crippen molar-refractivity contribution in [3.8, 4) is 22.3 Å². The van der Waals surface area contributed by atoms with Crippen LogP contribution in [0.2, 0.25) is 0 Å². The first-order valence-electron chi connectivity index (χ1n) is 6.19. The molecular formula is C17H11Br2N. The Kier molecular flexibility index (Phi) is 3.99. The summed E-state index contributed by atoms with van der Waals surface area (Å²) < 4.78 is 2.13. The third-order valence-corrected chi connectivity index (χ3v) is 3.97. The van der Waals surface area contributed by atoms with E-state index in [1.165, 1.54) is 16.7 Å². The molecule has 3 aromatic rings. The summed E-state index contributed by atoms with van der Waals surface area (Å²) in [5, 5.41) is 0. The number of hydrogen-bond donors (Lipinski definition) is 0. The standard InChI is InChI=1S/C17H11Br2N/c18-16-8-15(9-17(19)10-16)13-4-1-3-12(7-13)14-5-2-6-20-11-14/h1-11H. The number of nitrogens with zero attached hydrogens (tertiary/aromatic N) is 1. The second-order valence-corrected chi connectivity index (χ2v) is 6.31. The lowest BCUT2D eigenvalue weighted by Crippen LogP contribution is -1.83. The highest BCUT2D eigenvalue weighted by atomic mass is 79.9. The molecule has 98 valence electrons. The summed E-state index contributed by atoms with van der Waals surface area (Å²) in [6.45, 7) is 0. The second kappa shape index (κ2) is 5.90. The molecule has 0 N–H and O–H groups in total. The first-order valence-corrected chi connectivity index (χ1v) is 7.78. The molecule has 1 heterocycles. The molecule has 20 heavy (non-hydrogen) atoms. The van der Waals surface area contributed by atoms with Gasteiger partial charge in [0.1, 0.15) is 0 Å². The lowest BCUT2D eigenvalue weighted by molar-refractivity contribution is 1.33. The molecule has 0 saturated heterocycles. The number of hydrogen-bond acceptors (Lipinski definition) is 1. The van der Waals surface area contributed by atoms with E-state index in [-0.39, 0.29) is 0 Å².